The van der Waals surface area contributed by atoms with Crippen molar-refractivity contribution in [3.63, 3.8) is 0 Å². The second kappa shape index (κ2) is 7.89. The van der Waals surface area contributed by atoms with Crippen molar-refractivity contribution in [3.05, 3.63) is 77.4 Å². The standard InChI is InChI=1S/C21H23NO/c23-21(19-12-6-2-7-13-19)20(16-18-10-4-1-5-11-18)17-22-14-8-3-9-15-22/h1-2,4-7,10-13,16H,3,8-9,14-15,17H2/b20-16-. The van der Waals surface area contributed by atoms with E-state index >= 15 is 0 Å². The van der Waals surface area contributed by atoms with Crippen LogP contribution in [-0.4, -0.2) is 30.3 Å². The van der Waals surface area contributed by atoms with Gasteiger partial charge in [0.05, 0.1) is 0 Å². The second-order valence-corrected chi connectivity index (χ2v) is 6.11. The van der Waals surface area contributed by atoms with E-state index in [-0.39, 0.29) is 5.78 Å². The minimum absolute atomic E-state index is 0.139. The van der Waals surface area contributed by atoms with E-state index in [2.05, 4.69) is 17.0 Å². The molecule has 0 amide bonds. The fourth-order valence-electron chi connectivity index (χ4n) is 3.07. The lowest BCUT2D eigenvalue weighted by Gasteiger charge is -2.27. The van der Waals surface area contributed by atoms with Crippen LogP contribution in [0.15, 0.2) is 66.2 Å². The molecule has 1 aliphatic rings. The van der Waals surface area contributed by atoms with Gasteiger partial charge in [0.25, 0.3) is 0 Å². The first-order valence-corrected chi connectivity index (χ1v) is 8.41. The number of hydrogen-bond donors (Lipinski definition) is 0. The van der Waals surface area contributed by atoms with Crippen LogP contribution >= 0.6 is 0 Å². The Morgan fingerprint density at radius 3 is 2.13 bits per heavy atom. The third-order valence-corrected chi connectivity index (χ3v) is 4.31. The van der Waals surface area contributed by atoms with Gasteiger partial charge < -0.3 is 0 Å². The summed E-state index contributed by atoms with van der Waals surface area (Å²) in [4.78, 5) is 15.3. The Morgan fingerprint density at radius 2 is 1.48 bits per heavy atom. The number of carbonyl (C=O) groups excluding carboxylic acids is 1. The third-order valence-electron chi connectivity index (χ3n) is 4.31. The monoisotopic (exact) mass is 305 g/mol. The highest BCUT2D eigenvalue weighted by atomic mass is 16.1. The highest BCUT2D eigenvalue weighted by molar-refractivity contribution is 6.11. The molecule has 1 fully saturated rings. The van der Waals surface area contributed by atoms with Crippen molar-refractivity contribution >= 4 is 11.9 Å². The zero-order valence-corrected chi connectivity index (χ0v) is 13.4. The molecule has 3 rings (SSSR count). The average Bonchev–Trinajstić information content (AvgIpc) is 2.63. The van der Waals surface area contributed by atoms with E-state index in [0.717, 1.165) is 36.3 Å². The molecular weight excluding hydrogens is 282 g/mol. The number of benzene rings is 2. The number of carbonyl (C=O) groups is 1. The maximum atomic E-state index is 12.9. The first-order valence-electron chi connectivity index (χ1n) is 8.41. The van der Waals surface area contributed by atoms with Crippen molar-refractivity contribution in [2.45, 2.75) is 19.3 Å². The summed E-state index contributed by atoms with van der Waals surface area (Å²) in [6, 6.07) is 19.7. The number of rotatable bonds is 5. The molecule has 0 aromatic heterocycles. The summed E-state index contributed by atoms with van der Waals surface area (Å²) in [6.07, 6.45) is 5.82. The molecule has 0 unspecified atom stereocenters. The molecule has 0 spiro atoms. The quantitative estimate of drug-likeness (QED) is 0.601. The zero-order chi connectivity index (χ0) is 15.9. The molecule has 0 atom stereocenters. The van der Waals surface area contributed by atoms with Crippen molar-refractivity contribution in [2.24, 2.45) is 0 Å². The number of piperidine rings is 1. The Balaban J connectivity index is 1.86. The minimum atomic E-state index is 0.139. The van der Waals surface area contributed by atoms with Crippen molar-refractivity contribution in [1.82, 2.24) is 4.90 Å². The summed E-state index contributed by atoms with van der Waals surface area (Å²) in [7, 11) is 0. The van der Waals surface area contributed by atoms with Crippen LogP contribution in [0.3, 0.4) is 0 Å². The van der Waals surface area contributed by atoms with Crippen LogP contribution < -0.4 is 0 Å². The molecular formula is C21H23NO. The van der Waals surface area contributed by atoms with Crippen molar-refractivity contribution in [1.29, 1.82) is 0 Å². The Hall–Kier alpha value is -2.19. The molecule has 0 radical (unpaired) electrons. The van der Waals surface area contributed by atoms with Crippen LogP contribution in [0.4, 0.5) is 0 Å². The lowest BCUT2D eigenvalue weighted by atomic mass is 9.99. The van der Waals surface area contributed by atoms with Crippen molar-refractivity contribution in [3.8, 4) is 0 Å². The molecule has 0 bridgehead atoms. The molecule has 0 saturated carbocycles. The summed E-state index contributed by atoms with van der Waals surface area (Å²) in [5, 5.41) is 0. The third kappa shape index (κ3) is 4.40. The Labute approximate surface area is 138 Å². The summed E-state index contributed by atoms with van der Waals surface area (Å²) >= 11 is 0. The Bertz CT molecular complexity index is 655. The lowest BCUT2D eigenvalue weighted by molar-refractivity contribution is 0.102. The maximum absolute atomic E-state index is 12.9. The van der Waals surface area contributed by atoms with Crippen LogP contribution in [0.1, 0.15) is 35.2 Å². The van der Waals surface area contributed by atoms with Crippen LogP contribution in [0.5, 0.6) is 0 Å². The van der Waals surface area contributed by atoms with E-state index in [9.17, 15) is 4.79 Å². The molecule has 2 aromatic rings. The second-order valence-electron chi connectivity index (χ2n) is 6.11. The predicted octanol–water partition coefficient (Wildman–Crippen LogP) is 4.44. The summed E-state index contributed by atoms with van der Waals surface area (Å²) in [5.74, 6) is 0.139. The van der Waals surface area contributed by atoms with Gasteiger partial charge in [-0.1, -0.05) is 67.1 Å². The van der Waals surface area contributed by atoms with E-state index in [0.29, 0.717) is 0 Å². The molecule has 23 heavy (non-hydrogen) atoms. The van der Waals surface area contributed by atoms with E-state index in [1.165, 1.54) is 19.3 Å². The van der Waals surface area contributed by atoms with Gasteiger partial charge in [-0.25, -0.2) is 0 Å². The minimum Gasteiger partial charge on any atom is -0.299 e. The van der Waals surface area contributed by atoms with E-state index in [1.807, 2.05) is 54.6 Å². The molecule has 0 aliphatic carbocycles. The number of likely N-dealkylation sites (tertiary alicyclic amines) is 1. The molecule has 2 nitrogen and oxygen atoms in total. The molecule has 0 N–H and O–H groups in total. The number of hydrogen-bond acceptors (Lipinski definition) is 2. The van der Waals surface area contributed by atoms with Crippen molar-refractivity contribution in [2.75, 3.05) is 19.6 Å². The highest BCUT2D eigenvalue weighted by Gasteiger charge is 2.17. The largest absolute Gasteiger partial charge is 0.299 e. The number of Topliss-reactive ketones (excluding diaryl/α,β-unsaturated/α-hetero) is 1. The first-order chi connectivity index (χ1) is 11.3. The fraction of sp³-hybridized carbons (Fsp3) is 0.286. The van der Waals surface area contributed by atoms with Gasteiger partial charge in [0, 0.05) is 17.7 Å². The topological polar surface area (TPSA) is 20.3 Å². The van der Waals surface area contributed by atoms with Gasteiger partial charge >= 0.3 is 0 Å². The SMILES string of the molecule is O=C(/C(=C\c1ccccc1)CN1CCCCC1)c1ccccc1. The van der Waals surface area contributed by atoms with Crippen LogP contribution in [0.2, 0.25) is 0 Å². The van der Waals surface area contributed by atoms with E-state index in [1.54, 1.807) is 0 Å². The molecule has 2 aromatic carbocycles. The van der Waals surface area contributed by atoms with E-state index < -0.39 is 0 Å². The molecule has 1 aliphatic heterocycles. The fourth-order valence-corrected chi connectivity index (χ4v) is 3.07. The normalized spacial score (nSPS) is 16.3. The van der Waals surface area contributed by atoms with Gasteiger partial charge in [0.1, 0.15) is 0 Å². The molecule has 2 heteroatoms. The van der Waals surface area contributed by atoms with Gasteiger partial charge in [-0.3, -0.25) is 9.69 Å². The van der Waals surface area contributed by atoms with Gasteiger partial charge in [-0.15, -0.1) is 0 Å². The van der Waals surface area contributed by atoms with Crippen LogP contribution in [0.25, 0.3) is 6.08 Å². The number of ketones is 1. The number of nitrogens with zero attached hydrogens (tertiary/aromatic N) is 1. The van der Waals surface area contributed by atoms with Crippen LogP contribution in [-0.2, 0) is 0 Å². The van der Waals surface area contributed by atoms with Crippen molar-refractivity contribution < 1.29 is 4.79 Å². The molecule has 1 heterocycles. The predicted molar refractivity (Wildman–Crippen MR) is 95.5 cm³/mol. The lowest BCUT2D eigenvalue weighted by Crippen LogP contribution is -2.33. The van der Waals surface area contributed by atoms with E-state index in [4.69, 9.17) is 0 Å². The van der Waals surface area contributed by atoms with Gasteiger partial charge in [0.2, 0.25) is 0 Å². The van der Waals surface area contributed by atoms with Crippen LogP contribution in [0, 0.1) is 0 Å². The summed E-state index contributed by atoms with van der Waals surface area (Å²) in [5.41, 5.74) is 2.74. The molecule has 1 saturated heterocycles. The van der Waals surface area contributed by atoms with Gasteiger partial charge in [-0.2, -0.15) is 0 Å². The van der Waals surface area contributed by atoms with Gasteiger partial charge in [-0.05, 0) is 37.6 Å². The molecule has 118 valence electrons. The van der Waals surface area contributed by atoms with Gasteiger partial charge in [0.15, 0.2) is 5.78 Å². The Kier molecular flexibility index (Phi) is 5.38. The highest BCUT2D eigenvalue weighted by Crippen LogP contribution is 2.17. The maximum Gasteiger partial charge on any atom is 0.190 e. The summed E-state index contributed by atoms with van der Waals surface area (Å²) in [6.45, 7) is 2.92. The average molecular weight is 305 g/mol. The summed E-state index contributed by atoms with van der Waals surface area (Å²) < 4.78 is 0. The first kappa shape index (κ1) is 15.7. The Morgan fingerprint density at radius 1 is 0.870 bits per heavy atom. The smallest absolute Gasteiger partial charge is 0.190 e. The zero-order valence-electron chi connectivity index (χ0n) is 13.4.